The topological polar surface area (TPSA) is 82.1 Å². The van der Waals surface area contributed by atoms with Crippen LogP contribution in [0.25, 0.3) is 0 Å². The molecule has 0 spiro atoms. The first-order chi connectivity index (χ1) is 6.93. The van der Waals surface area contributed by atoms with Gasteiger partial charge < -0.3 is 19.3 Å². The number of carboxylic acid groups (broad SMARTS) is 1. The zero-order valence-electron chi connectivity index (χ0n) is 9.48. The van der Waals surface area contributed by atoms with Crippen LogP contribution in [-0.4, -0.2) is 36.7 Å². The highest BCUT2D eigenvalue weighted by Crippen LogP contribution is 1.85. The molecule has 15 heavy (non-hydrogen) atoms. The molecule has 0 aromatic heterocycles. The average Bonchev–Trinajstić information content (AvgIpc) is 2.03. The molecule has 0 aromatic carbocycles. The molecule has 0 saturated heterocycles. The van der Waals surface area contributed by atoms with E-state index in [9.17, 15) is 9.59 Å². The molecule has 0 aliphatic rings. The number of hydrogen-bond acceptors (Lipinski definition) is 5. The average molecular weight is 222 g/mol. The number of hydrogen-bond donors (Lipinski definition) is 1. The molecule has 6 heteroatoms. The lowest BCUT2D eigenvalue weighted by Crippen LogP contribution is -2.07. The monoisotopic (exact) mass is 222 g/mol. The fourth-order valence-corrected chi connectivity index (χ4v) is 0.479. The van der Waals surface area contributed by atoms with E-state index in [1.54, 1.807) is 27.7 Å². The lowest BCUT2D eigenvalue weighted by Gasteiger charge is -1.99. The summed E-state index contributed by atoms with van der Waals surface area (Å²) in [5.74, 6) is 0. The van der Waals surface area contributed by atoms with Crippen molar-refractivity contribution in [3.05, 3.63) is 0 Å². The van der Waals surface area contributed by atoms with Crippen molar-refractivity contribution in [1.82, 2.24) is 0 Å². The second-order valence-electron chi connectivity index (χ2n) is 2.55. The van der Waals surface area contributed by atoms with Crippen LogP contribution in [0, 0.1) is 0 Å². The highest BCUT2D eigenvalue weighted by molar-refractivity contribution is 5.59. The summed E-state index contributed by atoms with van der Waals surface area (Å²) in [5.41, 5.74) is 0. The molecule has 0 amide bonds. The Morgan fingerprint density at radius 3 is 1.67 bits per heavy atom. The Kier molecular flexibility index (Phi) is 11.3. The Hall–Kier alpha value is -1.46. The summed E-state index contributed by atoms with van der Waals surface area (Å²) in [6.45, 7) is 7.54. The minimum atomic E-state index is -1.21. The van der Waals surface area contributed by atoms with E-state index in [0.717, 1.165) is 0 Å². The summed E-state index contributed by atoms with van der Waals surface area (Å²) in [6.07, 6.45) is -2.03. The molecule has 1 N–H and O–H groups in total. The smallest absolute Gasteiger partial charge is 0.450 e. The van der Waals surface area contributed by atoms with Gasteiger partial charge in [-0.1, -0.05) is 0 Å². The zero-order valence-corrected chi connectivity index (χ0v) is 9.48. The highest BCUT2D eigenvalue weighted by atomic mass is 16.7. The Balaban J connectivity index is 0. The number of carbonyl (C=O) groups is 2. The summed E-state index contributed by atoms with van der Waals surface area (Å²) < 4.78 is 13.0. The van der Waals surface area contributed by atoms with Gasteiger partial charge in [0.1, 0.15) is 0 Å². The van der Waals surface area contributed by atoms with E-state index in [1.807, 2.05) is 0 Å². The first kappa shape index (κ1) is 16.0. The normalized spacial score (nSPS) is 8.60. The van der Waals surface area contributed by atoms with Crippen molar-refractivity contribution in [3.63, 3.8) is 0 Å². The third-order valence-electron chi connectivity index (χ3n) is 0.861. The molecule has 0 bridgehead atoms. The third-order valence-corrected chi connectivity index (χ3v) is 0.861. The fourth-order valence-electron chi connectivity index (χ4n) is 0.479. The van der Waals surface area contributed by atoms with Gasteiger partial charge in [0, 0.05) is 0 Å². The first-order valence-electron chi connectivity index (χ1n) is 4.63. The van der Waals surface area contributed by atoms with Gasteiger partial charge in [-0.15, -0.1) is 0 Å². The van der Waals surface area contributed by atoms with Crippen molar-refractivity contribution >= 4 is 12.3 Å². The molecule has 0 aliphatic carbocycles. The molecule has 0 radical (unpaired) electrons. The summed E-state index contributed by atoms with van der Waals surface area (Å²) in [5, 5.41) is 7.86. The van der Waals surface area contributed by atoms with Crippen LogP contribution in [-0.2, 0) is 14.2 Å². The molecule has 0 heterocycles. The molecule has 6 nitrogen and oxygen atoms in total. The van der Waals surface area contributed by atoms with E-state index in [2.05, 4.69) is 14.2 Å². The molecule has 0 aliphatic heterocycles. The van der Waals surface area contributed by atoms with Crippen LogP contribution in [0.1, 0.15) is 27.7 Å². The van der Waals surface area contributed by atoms with Crippen LogP contribution in [0.15, 0.2) is 0 Å². The summed E-state index contributed by atoms with van der Waals surface area (Å²) >= 11 is 0. The Labute approximate surface area is 89.1 Å². The molecular weight excluding hydrogens is 204 g/mol. The van der Waals surface area contributed by atoms with Crippen molar-refractivity contribution < 1.29 is 28.9 Å². The number of carbonyl (C=O) groups excluding carboxylic acids is 1. The van der Waals surface area contributed by atoms with Crippen LogP contribution < -0.4 is 0 Å². The van der Waals surface area contributed by atoms with E-state index >= 15 is 0 Å². The highest BCUT2D eigenvalue weighted by Gasteiger charge is 1.97. The molecule has 0 saturated carbocycles. The van der Waals surface area contributed by atoms with Gasteiger partial charge in [0.15, 0.2) is 0 Å². The van der Waals surface area contributed by atoms with E-state index in [1.165, 1.54) is 0 Å². The maximum Gasteiger partial charge on any atom is 0.508 e. The van der Waals surface area contributed by atoms with Crippen molar-refractivity contribution in [2.75, 3.05) is 13.2 Å². The van der Waals surface area contributed by atoms with Crippen LogP contribution in [0.5, 0.6) is 0 Å². The molecule has 0 rings (SSSR count). The standard InChI is InChI=1S/C5H10O3.C4H8O3/c1-3-7-5(6)8-4-2;1-3(2)7-4(5)6/h3-4H2,1-2H3;3H,1-2H3,(H,5,6). The molecule has 0 atom stereocenters. The minimum absolute atomic E-state index is 0.225. The van der Waals surface area contributed by atoms with Gasteiger partial charge in [-0.3, -0.25) is 0 Å². The van der Waals surface area contributed by atoms with Crippen molar-refractivity contribution in [2.45, 2.75) is 33.8 Å². The van der Waals surface area contributed by atoms with Crippen LogP contribution in [0.3, 0.4) is 0 Å². The van der Waals surface area contributed by atoms with Gasteiger partial charge in [0.05, 0.1) is 19.3 Å². The Bertz CT molecular complexity index is 169. The van der Waals surface area contributed by atoms with Crippen LogP contribution in [0.2, 0.25) is 0 Å². The lowest BCUT2D eigenvalue weighted by molar-refractivity contribution is 0.0626. The van der Waals surface area contributed by atoms with Gasteiger partial charge in [0.25, 0.3) is 0 Å². The predicted molar refractivity (Wildman–Crippen MR) is 52.9 cm³/mol. The molecule has 0 fully saturated rings. The maximum atomic E-state index is 10.2. The van der Waals surface area contributed by atoms with E-state index in [0.29, 0.717) is 13.2 Å². The van der Waals surface area contributed by atoms with Gasteiger partial charge in [-0.2, -0.15) is 0 Å². The van der Waals surface area contributed by atoms with Crippen molar-refractivity contribution in [3.8, 4) is 0 Å². The summed E-state index contributed by atoms with van der Waals surface area (Å²) in [4.78, 5) is 19.8. The first-order valence-corrected chi connectivity index (χ1v) is 4.63. The minimum Gasteiger partial charge on any atom is -0.450 e. The van der Waals surface area contributed by atoms with Crippen LogP contribution in [0.4, 0.5) is 9.59 Å². The van der Waals surface area contributed by atoms with Crippen molar-refractivity contribution in [2.24, 2.45) is 0 Å². The fraction of sp³-hybridized carbons (Fsp3) is 0.778. The maximum absolute atomic E-state index is 10.2. The molecule has 0 unspecified atom stereocenters. The van der Waals surface area contributed by atoms with E-state index in [-0.39, 0.29) is 6.10 Å². The summed E-state index contributed by atoms with van der Waals surface area (Å²) in [7, 11) is 0. The molecule has 90 valence electrons. The van der Waals surface area contributed by atoms with Crippen LogP contribution >= 0.6 is 0 Å². The molecule has 0 aromatic rings. The van der Waals surface area contributed by atoms with Crippen molar-refractivity contribution in [1.29, 1.82) is 0 Å². The van der Waals surface area contributed by atoms with E-state index < -0.39 is 12.3 Å². The Morgan fingerprint density at radius 1 is 1.13 bits per heavy atom. The largest absolute Gasteiger partial charge is 0.508 e. The number of ether oxygens (including phenoxy) is 3. The third kappa shape index (κ3) is 19.1. The van der Waals surface area contributed by atoms with Gasteiger partial charge in [-0.05, 0) is 27.7 Å². The van der Waals surface area contributed by atoms with Gasteiger partial charge >= 0.3 is 12.3 Å². The summed E-state index contributed by atoms with van der Waals surface area (Å²) in [6, 6.07) is 0. The quantitative estimate of drug-likeness (QED) is 0.737. The SMILES string of the molecule is CC(C)OC(=O)O.CCOC(=O)OCC. The second-order valence-corrected chi connectivity index (χ2v) is 2.55. The van der Waals surface area contributed by atoms with Gasteiger partial charge in [-0.25, -0.2) is 9.59 Å². The second kappa shape index (κ2) is 10.6. The van der Waals surface area contributed by atoms with E-state index in [4.69, 9.17) is 5.11 Å². The molecular formula is C9H18O6. The lowest BCUT2D eigenvalue weighted by atomic mass is 10.5. The predicted octanol–water partition coefficient (Wildman–Crippen LogP) is 2.27. The number of rotatable bonds is 3. The zero-order chi connectivity index (χ0) is 12.3. The van der Waals surface area contributed by atoms with Gasteiger partial charge in [0.2, 0.25) is 0 Å². The Morgan fingerprint density at radius 2 is 1.53 bits per heavy atom.